The van der Waals surface area contributed by atoms with Gasteiger partial charge < -0.3 is 5.32 Å². The third-order valence-corrected chi connectivity index (χ3v) is 6.61. The van der Waals surface area contributed by atoms with Crippen molar-refractivity contribution in [1.29, 1.82) is 0 Å². The molecule has 3 nitrogen and oxygen atoms in total. The Morgan fingerprint density at radius 1 is 1.00 bits per heavy atom. The molecule has 2 aliphatic rings. The molecule has 1 saturated carbocycles. The van der Waals surface area contributed by atoms with E-state index in [0.29, 0.717) is 28.9 Å². The Balaban J connectivity index is 2.00. The highest BCUT2D eigenvalue weighted by Gasteiger charge is 2.36. The van der Waals surface area contributed by atoms with Crippen LogP contribution in [0.25, 0.3) is 0 Å². The summed E-state index contributed by atoms with van der Waals surface area (Å²) in [5, 5.41) is 3.69. The number of nitrogens with one attached hydrogen (secondary N) is 1. The minimum Gasteiger partial charge on any atom is -0.310 e. The monoisotopic (exact) mass is 287 g/mol. The first-order valence-corrected chi connectivity index (χ1v) is 9.56. The summed E-state index contributed by atoms with van der Waals surface area (Å²) in [5.74, 6) is 1.41. The fourth-order valence-electron chi connectivity index (χ4n) is 3.82. The van der Waals surface area contributed by atoms with E-state index in [9.17, 15) is 8.42 Å². The molecule has 0 spiro atoms. The first-order chi connectivity index (χ1) is 8.78. The third kappa shape index (κ3) is 4.19. The molecule has 0 aromatic rings. The molecule has 2 fully saturated rings. The normalized spacial score (nSPS) is 36.1. The molecule has 0 aromatic heterocycles. The number of rotatable bonds is 2. The third-order valence-electron chi connectivity index (χ3n) is 4.79. The lowest BCUT2D eigenvalue weighted by molar-refractivity contribution is 0.123. The van der Waals surface area contributed by atoms with Gasteiger partial charge >= 0.3 is 0 Å². The van der Waals surface area contributed by atoms with Crippen molar-refractivity contribution in [3.8, 4) is 0 Å². The van der Waals surface area contributed by atoms with Crippen molar-refractivity contribution in [3.63, 3.8) is 0 Å². The van der Waals surface area contributed by atoms with Gasteiger partial charge in [-0.2, -0.15) is 0 Å². The highest BCUT2D eigenvalue weighted by atomic mass is 32.2. The lowest BCUT2D eigenvalue weighted by Crippen LogP contribution is -2.51. The average molecular weight is 287 g/mol. The number of hydrogen-bond acceptors (Lipinski definition) is 3. The molecule has 112 valence electrons. The van der Waals surface area contributed by atoms with Gasteiger partial charge in [0.05, 0.1) is 11.5 Å². The summed E-state index contributed by atoms with van der Waals surface area (Å²) >= 11 is 0. The van der Waals surface area contributed by atoms with Crippen molar-refractivity contribution in [2.75, 3.05) is 11.5 Å². The zero-order valence-electron chi connectivity index (χ0n) is 12.6. The Morgan fingerprint density at radius 2 is 1.68 bits per heavy atom. The van der Waals surface area contributed by atoms with Crippen LogP contribution in [0.5, 0.6) is 0 Å². The van der Waals surface area contributed by atoms with Crippen LogP contribution in [0, 0.1) is 11.3 Å². The zero-order valence-corrected chi connectivity index (χ0v) is 13.4. The quantitative estimate of drug-likeness (QED) is 0.849. The Bertz CT molecular complexity index is 397. The summed E-state index contributed by atoms with van der Waals surface area (Å²) in [6, 6.07) is 0.693. The summed E-state index contributed by atoms with van der Waals surface area (Å²) < 4.78 is 23.5. The molecule has 0 amide bonds. The molecular weight excluding hydrogens is 258 g/mol. The minimum atomic E-state index is -2.80. The number of sulfone groups is 1. The van der Waals surface area contributed by atoms with Gasteiger partial charge in [-0.15, -0.1) is 0 Å². The molecule has 19 heavy (non-hydrogen) atoms. The molecule has 1 N–H and O–H groups in total. The molecule has 1 heterocycles. The van der Waals surface area contributed by atoms with Crippen LogP contribution in [-0.2, 0) is 9.84 Å². The van der Waals surface area contributed by atoms with Crippen molar-refractivity contribution in [3.05, 3.63) is 0 Å². The van der Waals surface area contributed by atoms with Gasteiger partial charge in [0.25, 0.3) is 0 Å². The van der Waals surface area contributed by atoms with Gasteiger partial charge in [-0.25, -0.2) is 8.42 Å². The van der Waals surface area contributed by atoms with E-state index in [4.69, 9.17) is 0 Å². The Labute approximate surface area is 118 Å². The predicted molar refractivity (Wildman–Crippen MR) is 80.0 cm³/mol. The van der Waals surface area contributed by atoms with Crippen LogP contribution in [0.2, 0.25) is 0 Å². The second kappa shape index (κ2) is 5.72. The number of hydrogen-bond donors (Lipinski definition) is 1. The summed E-state index contributed by atoms with van der Waals surface area (Å²) in [4.78, 5) is 0. The Hall–Kier alpha value is -0.0900. The maximum absolute atomic E-state index is 11.7. The van der Waals surface area contributed by atoms with Gasteiger partial charge in [0.1, 0.15) is 0 Å². The van der Waals surface area contributed by atoms with E-state index in [0.717, 1.165) is 12.8 Å². The lowest BCUT2D eigenvalue weighted by atomic mass is 9.69. The van der Waals surface area contributed by atoms with E-state index in [2.05, 4.69) is 26.1 Å². The van der Waals surface area contributed by atoms with Gasteiger partial charge in [0.2, 0.25) is 0 Å². The molecule has 1 aliphatic heterocycles. The molecule has 4 heteroatoms. The van der Waals surface area contributed by atoms with Crippen LogP contribution in [0.15, 0.2) is 0 Å². The minimum absolute atomic E-state index is 0.187. The molecule has 0 aromatic carbocycles. The van der Waals surface area contributed by atoms with Crippen LogP contribution in [0.3, 0.4) is 0 Å². The van der Waals surface area contributed by atoms with Gasteiger partial charge in [0, 0.05) is 12.1 Å². The van der Waals surface area contributed by atoms with Gasteiger partial charge in [-0.3, -0.25) is 0 Å². The van der Waals surface area contributed by atoms with Gasteiger partial charge in [-0.1, -0.05) is 33.6 Å². The second-order valence-electron chi connectivity index (χ2n) is 7.48. The van der Waals surface area contributed by atoms with Crippen LogP contribution >= 0.6 is 0 Å². The van der Waals surface area contributed by atoms with Crippen molar-refractivity contribution >= 4 is 9.84 Å². The van der Waals surface area contributed by atoms with E-state index < -0.39 is 9.84 Å². The Kier molecular flexibility index (Phi) is 4.61. The van der Waals surface area contributed by atoms with Crippen LogP contribution in [0.1, 0.15) is 59.3 Å². The van der Waals surface area contributed by atoms with Gasteiger partial charge in [0.15, 0.2) is 9.84 Å². The zero-order chi connectivity index (χ0) is 14.1. The maximum atomic E-state index is 11.7. The average Bonchev–Trinajstić information content (AvgIpc) is 2.26. The van der Waals surface area contributed by atoms with Crippen LogP contribution in [-0.4, -0.2) is 32.0 Å². The fraction of sp³-hybridized carbons (Fsp3) is 1.00. The topological polar surface area (TPSA) is 46.2 Å². The Morgan fingerprint density at radius 3 is 2.32 bits per heavy atom. The van der Waals surface area contributed by atoms with Gasteiger partial charge in [-0.05, 0) is 37.0 Å². The van der Waals surface area contributed by atoms with Crippen LogP contribution < -0.4 is 5.32 Å². The highest BCUT2D eigenvalue weighted by Crippen LogP contribution is 2.38. The molecular formula is C15H29NO2S. The van der Waals surface area contributed by atoms with Crippen molar-refractivity contribution < 1.29 is 8.42 Å². The largest absolute Gasteiger partial charge is 0.310 e. The van der Waals surface area contributed by atoms with Crippen molar-refractivity contribution in [1.82, 2.24) is 5.32 Å². The van der Waals surface area contributed by atoms with E-state index in [1.54, 1.807) is 0 Å². The lowest BCUT2D eigenvalue weighted by Gasteiger charge is -2.43. The second-order valence-corrected chi connectivity index (χ2v) is 9.71. The van der Waals surface area contributed by atoms with Crippen molar-refractivity contribution in [2.24, 2.45) is 11.3 Å². The van der Waals surface area contributed by atoms with E-state index >= 15 is 0 Å². The fourth-order valence-corrected chi connectivity index (χ4v) is 5.47. The van der Waals surface area contributed by atoms with Crippen molar-refractivity contribution in [2.45, 2.75) is 71.4 Å². The first kappa shape index (κ1) is 15.3. The molecule has 1 aliphatic carbocycles. The maximum Gasteiger partial charge on any atom is 0.151 e. The van der Waals surface area contributed by atoms with E-state index in [1.165, 1.54) is 25.7 Å². The smallest absolute Gasteiger partial charge is 0.151 e. The highest BCUT2D eigenvalue weighted by molar-refractivity contribution is 7.91. The summed E-state index contributed by atoms with van der Waals surface area (Å²) in [6.45, 7) is 6.94. The summed E-state index contributed by atoms with van der Waals surface area (Å²) in [5.41, 5.74) is 0.311. The summed E-state index contributed by atoms with van der Waals surface area (Å²) in [7, 11) is -2.80. The molecule has 2 rings (SSSR count). The van der Waals surface area contributed by atoms with E-state index in [-0.39, 0.29) is 6.04 Å². The molecule has 3 atom stereocenters. The molecule has 0 bridgehead atoms. The predicted octanol–water partition coefficient (Wildman–Crippen LogP) is 2.76. The first-order valence-electron chi connectivity index (χ1n) is 7.74. The molecule has 0 radical (unpaired) electrons. The SMILES string of the molecule is CC(C)(C)C1CCCCC1NC1CCCS(=O)(=O)C1. The van der Waals surface area contributed by atoms with Crippen LogP contribution in [0.4, 0.5) is 0 Å². The summed E-state index contributed by atoms with van der Waals surface area (Å²) in [6.07, 6.45) is 6.94. The molecule has 3 unspecified atom stereocenters. The standard InChI is InChI=1S/C15H29NO2S/c1-15(2,3)13-8-4-5-9-14(13)16-12-7-6-10-19(17,18)11-12/h12-14,16H,4-11H2,1-3H3. The van der Waals surface area contributed by atoms with E-state index in [1.807, 2.05) is 0 Å². The molecule has 1 saturated heterocycles.